The number of halogens is 1. The third-order valence-corrected chi connectivity index (χ3v) is 2.88. The molecular weight excluding hydrogens is 278 g/mol. The van der Waals surface area contributed by atoms with E-state index >= 15 is 0 Å². The zero-order chi connectivity index (χ0) is 14.8. The monoisotopic (exact) mass is 299 g/mol. The first-order chi connectivity index (χ1) is 9.69. The lowest BCUT2D eigenvalue weighted by Crippen LogP contribution is -2.26. The Balaban J connectivity index is 2.53. The Morgan fingerprint density at radius 2 is 2.15 bits per heavy atom. The maximum Gasteiger partial charge on any atom is 0.271 e. The van der Waals surface area contributed by atoms with Gasteiger partial charge in [-0.05, 0) is 31.9 Å². The fourth-order valence-corrected chi connectivity index (χ4v) is 1.75. The Kier molecular flexibility index (Phi) is 7.99. The van der Waals surface area contributed by atoms with E-state index in [0.29, 0.717) is 30.6 Å². The molecule has 6 heteroatoms. The van der Waals surface area contributed by atoms with E-state index in [1.807, 2.05) is 6.92 Å². The Morgan fingerprint density at radius 3 is 2.85 bits per heavy atom. The second kappa shape index (κ2) is 9.55. The van der Waals surface area contributed by atoms with Crippen molar-refractivity contribution < 1.29 is 9.53 Å². The largest absolute Gasteiger partial charge is 0.382 e. The lowest BCUT2D eigenvalue weighted by atomic mass is 10.3. The van der Waals surface area contributed by atoms with E-state index < -0.39 is 0 Å². The van der Waals surface area contributed by atoms with Crippen molar-refractivity contribution in [3.63, 3.8) is 0 Å². The highest BCUT2D eigenvalue weighted by atomic mass is 35.5. The molecule has 5 nitrogen and oxygen atoms in total. The molecule has 0 aliphatic rings. The first-order valence-corrected chi connectivity index (χ1v) is 7.33. The minimum atomic E-state index is -0.258. The molecule has 2 N–H and O–H groups in total. The van der Waals surface area contributed by atoms with Gasteiger partial charge < -0.3 is 15.4 Å². The summed E-state index contributed by atoms with van der Waals surface area (Å²) in [6.07, 6.45) is 1.76. The summed E-state index contributed by atoms with van der Waals surface area (Å²) in [6.45, 7) is 6.68. The Labute approximate surface area is 125 Å². The lowest BCUT2D eigenvalue weighted by Gasteiger charge is -2.09. The van der Waals surface area contributed by atoms with Gasteiger partial charge in [0.1, 0.15) is 11.5 Å². The molecule has 1 amide bonds. The van der Waals surface area contributed by atoms with Crippen LogP contribution >= 0.6 is 11.6 Å². The van der Waals surface area contributed by atoms with E-state index in [4.69, 9.17) is 16.3 Å². The van der Waals surface area contributed by atoms with Crippen LogP contribution < -0.4 is 10.6 Å². The summed E-state index contributed by atoms with van der Waals surface area (Å²) in [5.41, 5.74) is 0.254. The molecule has 0 saturated heterocycles. The van der Waals surface area contributed by atoms with Gasteiger partial charge in [0.25, 0.3) is 5.91 Å². The predicted octanol–water partition coefficient (Wildman–Crippen LogP) is 2.71. The number of nitrogens with one attached hydrogen (secondary N) is 2. The van der Waals surface area contributed by atoms with Crippen LogP contribution in [-0.2, 0) is 4.74 Å². The number of hydrogen-bond donors (Lipinski definition) is 2. The number of carbonyl (C=O) groups excluding carboxylic acids is 1. The molecular formula is C14H22ClN3O2. The summed E-state index contributed by atoms with van der Waals surface area (Å²) in [5, 5.41) is 6.28. The molecule has 1 rings (SSSR count). The molecule has 0 unspecified atom stereocenters. The molecule has 0 aliphatic heterocycles. The van der Waals surface area contributed by atoms with E-state index in [9.17, 15) is 4.79 Å². The van der Waals surface area contributed by atoms with Crippen LogP contribution in [0.5, 0.6) is 0 Å². The molecule has 20 heavy (non-hydrogen) atoms. The highest BCUT2D eigenvalue weighted by Gasteiger charge is 2.12. The number of hydrogen-bond acceptors (Lipinski definition) is 4. The highest BCUT2D eigenvalue weighted by molar-refractivity contribution is 6.33. The van der Waals surface area contributed by atoms with Gasteiger partial charge in [0, 0.05) is 26.3 Å². The van der Waals surface area contributed by atoms with E-state index in [0.717, 1.165) is 19.4 Å². The summed E-state index contributed by atoms with van der Waals surface area (Å²) in [6, 6.07) is 3.45. The molecule has 0 atom stereocenters. The molecule has 0 fully saturated rings. The molecule has 0 spiro atoms. The number of rotatable bonds is 9. The van der Waals surface area contributed by atoms with Gasteiger partial charge in [0.15, 0.2) is 0 Å². The van der Waals surface area contributed by atoms with Crippen LogP contribution in [0.25, 0.3) is 0 Å². The van der Waals surface area contributed by atoms with E-state index in [-0.39, 0.29) is 11.6 Å². The zero-order valence-corrected chi connectivity index (χ0v) is 12.8. The van der Waals surface area contributed by atoms with Crippen molar-refractivity contribution >= 4 is 23.3 Å². The maximum atomic E-state index is 12.0. The zero-order valence-electron chi connectivity index (χ0n) is 12.0. The number of nitrogens with zero attached hydrogens (tertiary/aromatic N) is 1. The van der Waals surface area contributed by atoms with Gasteiger partial charge in [-0.3, -0.25) is 4.79 Å². The SMILES string of the molecule is CCCNc1ccc(Cl)c(C(=O)NCCCOCC)n1. The van der Waals surface area contributed by atoms with Crippen LogP contribution in [0.15, 0.2) is 12.1 Å². The Hall–Kier alpha value is -1.33. The van der Waals surface area contributed by atoms with Crippen molar-refractivity contribution in [3.8, 4) is 0 Å². The number of ether oxygens (including phenoxy) is 1. The smallest absolute Gasteiger partial charge is 0.271 e. The third kappa shape index (κ3) is 5.75. The van der Waals surface area contributed by atoms with Crippen molar-refractivity contribution in [1.82, 2.24) is 10.3 Å². The molecule has 0 bridgehead atoms. The van der Waals surface area contributed by atoms with E-state index in [1.54, 1.807) is 12.1 Å². The summed E-state index contributed by atoms with van der Waals surface area (Å²) in [4.78, 5) is 16.2. The van der Waals surface area contributed by atoms with Crippen LogP contribution in [0.4, 0.5) is 5.82 Å². The molecule has 112 valence electrons. The topological polar surface area (TPSA) is 63.2 Å². The number of pyridine rings is 1. The lowest BCUT2D eigenvalue weighted by molar-refractivity contribution is 0.0939. The molecule has 1 heterocycles. The Bertz CT molecular complexity index is 427. The Morgan fingerprint density at radius 1 is 1.35 bits per heavy atom. The number of carbonyl (C=O) groups is 1. The quantitative estimate of drug-likeness (QED) is 0.688. The fourth-order valence-electron chi connectivity index (χ4n) is 1.56. The average Bonchev–Trinajstić information content (AvgIpc) is 2.46. The van der Waals surface area contributed by atoms with Gasteiger partial charge in [-0.1, -0.05) is 18.5 Å². The third-order valence-electron chi connectivity index (χ3n) is 2.57. The average molecular weight is 300 g/mol. The van der Waals surface area contributed by atoms with Gasteiger partial charge in [0.05, 0.1) is 5.02 Å². The standard InChI is InChI=1S/C14H22ClN3O2/c1-3-8-16-12-7-6-11(15)13(18-12)14(19)17-9-5-10-20-4-2/h6-7H,3-5,8-10H2,1-2H3,(H,16,18)(H,17,19). The summed E-state index contributed by atoms with van der Waals surface area (Å²) >= 11 is 6.01. The number of anilines is 1. The van der Waals surface area contributed by atoms with E-state index in [2.05, 4.69) is 22.5 Å². The minimum Gasteiger partial charge on any atom is -0.382 e. The van der Waals surface area contributed by atoms with Crippen molar-refractivity contribution in [1.29, 1.82) is 0 Å². The molecule has 1 aromatic heterocycles. The fraction of sp³-hybridized carbons (Fsp3) is 0.571. The second-order valence-electron chi connectivity index (χ2n) is 4.26. The van der Waals surface area contributed by atoms with Crippen LogP contribution in [0.1, 0.15) is 37.2 Å². The normalized spacial score (nSPS) is 10.3. The van der Waals surface area contributed by atoms with Gasteiger partial charge in [-0.25, -0.2) is 4.98 Å². The van der Waals surface area contributed by atoms with Crippen LogP contribution in [0, 0.1) is 0 Å². The molecule has 0 radical (unpaired) electrons. The summed E-state index contributed by atoms with van der Waals surface area (Å²) < 4.78 is 5.21. The van der Waals surface area contributed by atoms with Crippen molar-refractivity contribution in [3.05, 3.63) is 22.8 Å². The second-order valence-corrected chi connectivity index (χ2v) is 4.67. The molecule has 0 saturated carbocycles. The van der Waals surface area contributed by atoms with Gasteiger partial charge in [-0.2, -0.15) is 0 Å². The first-order valence-electron chi connectivity index (χ1n) is 6.95. The predicted molar refractivity (Wildman–Crippen MR) is 81.5 cm³/mol. The van der Waals surface area contributed by atoms with Crippen molar-refractivity contribution in [2.24, 2.45) is 0 Å². The summed E-state index contributed by atoms with van der Waals surface area (Å²) in [5.74, 6) is 0.405. The first kappa shape index (κ1) is 16.7. The van der Waals surface area contributed by atoms with Crippen LogP contribution in [0.2, 0.25) is 5.02 Å². The van der Waals surface area contributed by atoms with Crippen LogP contribution in [-0.4, -0.2) is 37.2 Å². The number of aromatic nitrogens is 1. The van der Waals surface area contributed by atoms with Gasteiger partial charge in [-0.15, -0.1) is 0 Å². The molecule has 0 aliphatic carbocycles. The molecule has 1 aromatic rings. The van der Waals surface area contributed by atoms with Gasteiger partial charge >= 0.3 is 0 Å². The van der Waals surface area contributed by atoms with Crippen LogP contribution in [0.3, 0.4) is 0 Å². The minimum absolute atomic E-state index is 0.254. The summed E-state index contributed by atoms with van der Waals surface area (Å²) in [7, 11) is 0. The molecule has 0 aromatic carbocycles. The number of amides is 1. The van der Waals surface area contributed by atoms with E-state index in [1.165, 1.54) is 0 Å². The van der Waals surface area contributed by atoms with Crippen molar-refractivity contribution in [2.45, 2.75) is 26.7 Å². The maximum absolute atomic E-state index is 12.0. The van der Waals surface area contributed by atoms with Crippen molar-refractivity contribution in [2.75, 3.05) is 31.6 Å². The highest BCUT2D eigenvalue weighted by Crippen LogP contribution is 2.16. The van der Waals surface area contributed by atoms with Gasteiger partial charge in [0.2, 0.25) is 0 Å².